The van der Waals surface area contributed by atoms with Crippen molar-refractivity contribution in [3.63, 3.8) is 0 Å². The zero-order valence-corrected chi connectivity index (χ0v) is 13.5. The van der Waals surface area contributed by atoms with Gasteiger partial charge in [0, 0.05) is 18.4 Å². The predicted octanol–water partition coefficient (Wildman–Crippen LogP) is 4.40. The molecule has 0 amide bonds. The Morgan fingerprint density at radius 3 is 2.33 bits per heavy atom. The predicted molar refractivity (Wildman–Crippen MR) is 84.3 cm³/mol. The van der Waals surface area contributed by atoms with Crippen LogP contribution in [0.3, 0.4) is 0 Å². The van der Waals surface area contributed by atoms with E-state index >= 15 is 0 Å². The molecule has 3 saturated carbocycles. The molecule has 3 fully saturated rings. The van der Waals surface area contributed by atoms with Gasteiger partial charge in [0.1, 0.15) is 11.6 Å². The van der Waals surface area contributed by atoms with Crippen LogP contribution in [-0.2, 0) is 18.4 Å². The summed E-state index contributed by atoms with van der Waals surface area (Å²) >= 11 is 0. The van der Waals surface area contributed by atoms with E-state index in [9.17, 15) is 0 Å². The molecule has 0 saturated heterocycles. The highest BCUT2D eigenvalue weighted by Crippen LogP contribution is 2.58. The summed E-state index contributed by atoms with van der Waals surface area (Å²) in [5, 5.41) is 9.33. The zero-order chi connectivity index (χ0) is 14.3. The zero-order valence-electron chi connectivity index (χ0n) is 13.5. The molecule has 0 unspecified atom stereocenters. The minimum Gasteiger partial charge on any atom is -0.315 e. The summed E-state index contributed by atoms with van der Waals surface area (Å²) in [6, 6.07) is 0. The van der Waals surface area contributed by atoms with Crippen molar-refractivity contribution in [3.05, 3.63) is 11.6 Å². The van der Waals surface area contributed by atoms with Crippen molar-refractivity contribution in [2.75, 3.05) is 0 Å². The molecule has 0 atom stereocenters. The Morgan fingerprint density at radius 2 is 1.62 bits per heavy atom. The first-order valence-corrected chi connectivity index (χ1v) is 9.20. The summed E-state index contributed by atoms with van der Waals surface area (Å²) in [6.45, 7) is 3.56. The van der Waals surface area contributed by atoms with Gasteiger partial charge in [-0.15, -0.1) is 10.2 Å². The van der Waals surface area contributed by atoms with E-state index in [1.54, 1.807) is 0 Å². The first-order valence-electron chi connectivity index (χ1n) is 9.20. The van der Waals surface area contributed by atoms with E-state index in [2.05, 4.69) is 16.6 Å². The highest BCUT2D eigenvalue weighted by Gasteiger charge is 2.50. The number of nitrogens with zero attached hydrogens (tertiary/aromatic N) is 3. The Labute approximate surface area is 128 Å². The number of hydrogen-bond donors (Lipinski definition) is 0. The van der Waals surface area contributed by atoms with Crippen molar-refractivity contribution >= 4 is 0 Å². The lowest BCUT2D eigenvalue weighted by atomic mass is 9.52. The summed E-state index contributed by atoms with van der Waals surface area (Å²) in [6.07, 6.45) is 16.2. The molecule has 4 aliphatic rings. The van der Waals surface area contributed by atoms with Gasteiger partial charge in [-0.2, -0.15) is 0 Å². The van der Waals surface area contributed by atoms with E-state index in [1.807, 2.05) is 0 Å². The number of fused-ring (bicyclic) bond motifs is 4. The van der Waals surface area contributed by atoms with Gasteiger partial charge < -0.3 is 4.57 Å². The molecule has 1 aromatic rings. The van der Waals surface area contributed by atoms with Gasteiger partial charge in [-0.05, 0) is 56.8 Å². The van der Waals surface area contributed by atoms with Gasteiger partial charge in [-0.25, -0.2) is 0 Å². The standard InChI is InChI=1S/C18H29N3/c1-2-17-8-11-18(12-9-17,13-10-17)16-20-19-15-7-5-3-4-6-14-21(15)16/h2-14H2,1H3. The van der Waals surface area contributed by atoms with E-state index in [0.29, 0.717) is 10.8 Å². The highest BCUT2D eigenvalue weighted by molar-refractivity contribution is 5.17. The molecular weight excluding hydrogens is 258 g/mol. The largest absolute Gasteiger partial charge is 0.315 e. The van der Waals surface area contributed by atoms with Gasteiger partial charge in [0.25, 0.3) is 0 Å². The average Bonchev–Trinajstić information content (AvgIpc) is 2.91. The summed E-state index contributed by atoms with van der Waals surface area (Å²) in [4.78, 5) is 0. The third kappa shape index (κ3) is 2.15. The van der Waals surface area contributed by atoms with Gasteiger partial charge in [0.15, 0.2) is 0 Å². The van der Waals surface area contributed by atoms with Crippen molar-refractivity contribution in [1.29, 1.82) is 0 Å². The van der Waals surface area contributed by atoms with Crippen molar-refractivity contribution < 1.29 is 0 Å². The Balaban J connectivity index is 1.65. The Hall–Kier alpha value is -0.860. The number of aryl methyl sites for hydroxylation is 1. The molecule has 1 aromatic heterocycles. The van der Waals surface area contributed by atoms with Crippen molar-refractivity contribution in [2.45, 2.75) is 95.9 Å². The molecule has 2 bridgehead atoms. The first-order chi connectivity index (χ1) is 10.3. The molecule has 0 N–H and O–H groups in total. The second kappa shape index (κ2) is 5.10. The van der Waals surface area contributed by atoms with Crippen LogP contribution in [0.5, 0.6) is 0 Å². The van der Waals surface area contributed by atoms with Crippen LogP contribution in [0.15, 0.2) is 0 Å². The van der Waals surface area contributed by atoms with E-state index in [1.165, 1.54) is 88.8 Å². The van der Waals surface area contributed by atoms with E-state index in [-0.39, 0.29) is 0 Å². The average molecular weight is 287 g/mol. The normalized spacial score (nSPS) is 36.0. The molecule has 0 aromatic carbocycles. The SMILES string of the molecule is CCC12CCC(c3nnc4n3CCCCCC4)(CC1)CC2. The molecule has 3 heteroatoms. The number of rotatable bonds is 2. The van der Waals surface area contributed by atoms with Crippen LogP contribution in [0.25, 0.3) is 0 Å². The van der Waals surface area contributed by atoms with Crippen LogP contribution < -0.4 is 0 Å². The number of aromatic nitrogens is 3. The molecule has 116 valence electrons. The van der Waals surface area contributed by atoms with Crippen molar-refractivity contribution in [1.82, 2.24) is 14.8 Å². The van der Waals surface area contributed by atoms with Gasteiger partial charge in [-0.3, -0.25) is 0 Å². The lowest BCUT2D eigenvalue weighted by Gasteiger charge is -2.52. The minimum atomic E-state index is 0.376. The Bertz CT molecular complexity index is 492. The van der Waals surface area contributed by atoms with Gasteiger partial charge in [0.2, 0.25) is 0 Å². The maximum Gasteiger partial charge on any atom is 0.139 e. The minimum absolute atomic E-state index is 0.376. The number of hydrogen-bond acceptors (Lipinski definition) is 2. The summed E-state index contributed by atoms with van der Waals surface area (Å²) in [5.74, 6) is 2.64. The monoisotopic (exact) mass is 287 g/mol. The molecule has 0 radical (unpaired) electrons. The molecule has 3 nitrogen and oxygen atoms in total. The van der Waals surface area contributed by atoms with E-state index in [4.69, 9.17) is 5.10 Å². The third-order valence-corrected chi connectivity index (χ3v) is 6.99. The first kappa shape index (κ1) is 13.8. The summed E-state index contributed by atoms with van der Waals surface area (Å²) in [5.41, 5.74) is 1.06. The molecule has 1 aliphatic heterocycles. The van der Waals surface area contributed by atoms with Crippen LogP contribution in [-0.4, -0.2) is 14.8 Å². The Kier molecular flexibility index (Phi) is 3.35. The molecular formula is C18H29N3. The van der Waals surface area contributed by atoms with Crippen LogP contribution in [0.4, 0.5) is 0 Å². The lowest BCUT2D eigenvalue weighted by Crippen LogP contribution is -2.45. The molecule has 3 aliphatic carbocycles. The fourth-order valence-electron chi connectivity index (χ4n) is 5.18. The van der Waals surface area contributed by atoms with Crippen LogP contribution in [0.1, 0.15) is 89.2 Å². The van der Waals surface area contributed by atoms with Gasteiger partial charge in [0.05, 0.1) is 0 Å². The highest BCUT2D eigenvalue weighted by atomic mass is 15.3. The molecule has 5 rings (SSSR count). The molecule has 21 heavy (non-hydrogen) atoms. The van der Waals surface area contributed by atoms with E-state index in [0.717, 1.165) is 6.42 Å². The second-order valence-corrected chi connectivity index (χ2v) is 7.89. The maximum atomic E-state index is 4.73. The quantitative estimate of drug-likeness (QED) is 0.807. The van der Waals surface area contributed by atoms with E-state index < -0.39 is 0 Å². The fraction of sp³-hybridized carbons (Fsp3) is 0.889. The van der Waals surface area contributed by atoms with Crippen molar-refractivity contribution in [3.8, 4) is 0 Å². The van der Waals surface area contributed by atoms with Gasteiger partial charge in [-0.1, -0.05) is 26.2 Å². The van der Waals surface area contributed by atoms with Gasteiger partial charge >= 0.3 is 0 Å². The van der Waals surface area contributed by atoms with Crippen LogP contribution in [0.2, 0.25) is 0 Å². The maximum absolute atomic E-state index is 4.73. The third-order valence-electron chi connectivity index (χ3n) is 6.99. The summed E-state index contributed by atoms with van der Waals surface area (Å²) < 4.78 is 2.53. The van der Waals surface area contributed by atoms with Crippen LogP contribution >= 0.6 is 0 Å². The fourth-order valence-corrected chi connectivity index (χ4v) is 5.18. The topological polar surface area (TPSA) is 30.7 Å². The lowest BCUT2D eigenvalue weighted by molar-refractivity contribution is 0.0301. The van der Waals surface area contributed by atoms with Crippen molar-refractivity contribution in [2.24, 2.45) is 5.41 Å². The van der Waals surface area contributed by atoms with Crippen LogP contribution in [0, 0.1) is 5.41 Å². The molecule has 0 spiro atoms. The summed E-state index contributed by atoms with van der Waals surface area (Å²) in [7, 11) is 0. The smallest absolute Gasteiger partial charge is 0.139 e. The Morgan fingerprint density at radius 1 is 0.905 bits per heavy atom. The molecule has 2 heterocycles. The second-order valence-electron chi connectivity index (χ2n) is 7.89.